The Hall–Kier alpha value is -0.0800. The molecule has 0 aromatic heterocycles. The first kappa shape index (κ1) is 13.4. The number of piperazine rings is 1. The molecule has 0 aromatic rings. The summed E-state index contributed by atoms with van der Waals surface area (Å²) in [5.41, 5.74) is 0.413. The summed E-state index contributed by atoms with van der Waals surface area (Å²) in [6, 6.07) is 1.41. The molecule has 1 heterocycles. The van der Waals surface area contributed by atoms with Crippen LogP contribution in [-0.4, -0.2) is 35.6 Å². The Bertz CT molecular complexity index is 256. The third kappa shape index (κ3) is 2.68. The van der Waals surface area contributed by atoms with Gasteiger partial charge in [-0.25, -0.2) is 0 Å². The van der Waals surface area contributed by atoms with Crippen molar-refractivity contribution in [1.29, 1.82) is 0 Å². The largest absolute Gasteiger partial charge is 0.311 e. The number of hydrogen-bond donors (Lipinski definition) is 1. The highest BCUT2D eigenvalue weighted by molar-refractivity contribution is 5.01. The number of nitrogens with one attached hydrogen (secondary N) is 1. The second kappa shape index (κ2) is 4.89. The fourth-order valence-electron chi connectivity index (χ4n) is 3.36. The fourth-order valence-corrected chi connectivity index (χ4v) is 3.36. The summed E-state index contributed by atoms with van der Waals surface area (Å²) in [5, 5.41) is 3.74. The lowest BCUT2D eigenvalue weighted by Gasteiger charge is -2.50. The van der Waals surface area contributed by atoms with E-state index in [1.54, 1.807) is 0 Å². The molecule has 0 radical (unpaired) electrons. The Balaban J connectivity index is 2.09. The van der Waals surface area contributed by atoms with E-state index in [4.69, 9.17) is 0 Å². The van der Waals surface area contributed by atoms with Crippen LogP contribution in [0.25, 0.3) is 0 Å². The van der Waals surface area contributed by atoms with Crippen molar-refractivity contribution in [2.75, 3.05) is 13.1 Å². The molecule has 100 valence electrons. The molecule has 0 spiro atoms. The van der Waals surface area contributed by atoms with Crippen LogP contribution in [0.15, 0.2) is 0 Å². The average molecular weight is 238 g/mol. The predicted molar refractivity (Wildman–Crippen MR) is 74.2 cm³/mol. The quantitative estimate of drug-likeness (QED) is 0.810. The molecule has 1 N–H and O–H groups in total. The highest BCUT2D eigenvalue weighted by Gasteiger charge is 2.45. The molecule has 1 aliphatic carbocycles. The highest BCUT2D eigenvalue weighted by Crippen LogP contribution is 2.44. The number of rotatable bonds is 4. The Kier molecular flexibility index (Phi) is 3.84. The monoisotopic (exact) mass is 238 g/mol. The van der Waals surface area contributed by atoms with E-state index in [1.807, 2.05) is 0 Å². The van der Waals surface area contributed by atoms with Crippen LogP contribution in [0.2, 0.25) is 0 Å². The van der Waals surface area contributed by atoms with Crippen LogP contribution >= 0.6 is 0 Å². The van der Waals surface area contributed by atoms with E-state index in [2.05, 4.69) is 44.8 Å². The van der Waals surface area contributed by atoms with Crippen molar-refractivity contribution in [3.8, 4) is 0 Å². The maximum Gasteiger partial charge on any atom is 0.0224 e. The second-order valence-electron chi connectivity index (χ2n) is 6.90. The third-order valence-electron chi connectivity index (χ3n) is 5.04. The Morgan fingerprint density at radius 2 is 1.94 bits per heavy atom. The second-order valence-corrected chi connectivity index (χ2v) is 6.90. The van der Waals surface area contributed by atoms with Crippen LogP contribution < -0.4 is 5.32 Å². The molecule has 2 unspecified atom stereocenters. The van der Waals surface area contributed by atoms with Gasteiger partial charge in [0.15, 0.2) is 0 Å². The molecular formula is C15H30N2. The minimum absolute atomic E-state index is 0.413. The first-order valence-corrected chi connectivity index (χ1v) is 7.47. The van der Waals surface area contributed by atoms with E-state index in [0.29, 0.717) is 11.6 Å². The maximum atomic E-state index is 3.74. The zero-order valence-electron chi connectivity index (χ0n) is 12.3. The van der Waals surface area contributed by atoms with E-state index < -0.39 is 0 Å². The molecule has 0 aromatic carbocycles. The molecule has 2 atom stereocenters. The van der Waals surface area contributed by atoms with Gasteiger partial charge in [-0.2, -0.15) is 0 Å². The smallest absolute Gasteiger partial charge is 0.0224 e. The van der Waals surface area contributed by atoms with Crippen LogP contribution in [-0.2, 0) is 0 Å². The molecule has 0 amide bonds. The predicted octanol–water partition coefficient (Wildman–Crippen LogP) is 2.88. The summed E-state index contributed by atoms with van der Waals surface area (Å²) in [6.07, 6.45) is 4.16. The molecule has 1 aliphatic heterocycles. The van der Waals surface area contributed by atoms with Crippen molar-refractivity contribution in [3.05, 3.63) is 0 Å². The minimum atomic E-state index is 0.413. The summed E-state index contributed by atoms with van der Waals surface area (Å²) in [7, 11) is 0. The van der Waals surface area contributed by atoms with Crippen LogP contribution in [0.3, 0.4) is 0 Å². The summed E-state index contributed by atoms with van der Waals surface area (Å²) in [4.78, 5) is 2.81. The lowest BCUT2D eigenvalue weighted by atomic mass is 9.89. The highest BCUT2D eigenvalue weighted by atomic mass is 15.3. The van der Waals surface area contributed by atoms with Crippen molar-refractivity contribution >= 4 is 0 Å². The zero-order valence-corrected chi connectivity index (χ0v) is 12.3. The van der Waals surface area contributed by atoms with Gasteiger partial charge < -0.3 is 5.32 Å². The first-order chi connectivity index (χ1) is 7.96. The molecular weight excluding hydrogens is 208 g/mol. The van der Waals surface area contributed by atoms with Gasteiger partial charge in [-0.1, -0.05) is 20.8 Å². The molecule has 2 aliphatic rings. The molecule has 0 bridgehead atoms. The fraction of sp³-hybridized carbons (Fsp3) is 1.00. The average Bonchev–Trinajstić information content (AvgIpc) is 3.12. The Morgan fingerprint density at radius 1 is 1.29 bits per heavy atom. The topological polar surface area (TPSA) is 15.3 Å². The van der Waals surface area contributed by atoms with E-state index in [9.17, 15) is 0 Å². The van der Waals surface area contributed by atoms with Gasteiger partial charge in [-0.15, -0.1) is 0 Å². The van der Waals surface area contributed by atoms with Gasteiger partial charge in [0.05, 0.1) is 0 Å². The van der Waals surface area contributed by atoms with Crippen LogP contribution in [0.1, 0.15) is 53.9 Å². The molecule has 2 nitrogen and oxygen atoms in total. The van der Waals surface area contributed by atoms with Crippen LogP contribution in [0.4, 0.5) is 0 Å². The molecule has 2 heteroatoms. The van der Waals surface area contributed by atoms with Gasteiger partial charge in [0.25, 0.3) is 0 Å². The summed E-state index contributed by atoms with van der Waals surface area (Å²) >= 11 is 0. The first-order valence-electron chi connectivity index (χ1n) is 7.47. The van der Waals surface area contributed by atoms with E-state index in [0.717, 1.165) is 17.9 Å². The lowest BCUT2D eigenvalue weighted by molar-refractivity contribution is 0.00779. The van der Waals surface area contributed by atoms with Crippen LogP contribution in [0, 0.1) is 11.8 Å². The summed E-state index contributed by atoms with van der Waals surface area (Å²) in [6.45, 7) is 14.4. The molecule has 17 heavy (non-hydrogen) atoms. The van der Waals surface area contributed by atoms with E-state index in [1.165, 1.54) is 32.4 Å². The lowest BCUT2D eigenvalue weighted by Crippen LogP contribution is -2.64. The molecule has 1 saturated heterocycles. The van der Waals surface area contributed by atoms with Gasteiger partial charge >= 0.3 is 0 Å². The van der Waals surface area contributed by atoms with Crippen molar-refractivity contribution < 1.29 is 0 Å². The zero-order chi connectivity index (χ0) is 12.6. The van der Waals surface area contributed by atoms with Crippen molar-refractivity contribution in [2.45, 2.75) is 71.5 Å². The Labute approximate surface area is 107 Å². The van der Waals surface area contributed by atoms with Gasteiger partial charge in [0, 0.05) is 30.7 Å². The van der Waals surface area contributed by atoms with E-state index in [-0.39, 0.29) is 0 Å². The SMILES string of the molecule is CCC1CNC(C(C)C)CN1C(C)(C)C1CC1. The molecule has 2 fully saturated rings. The summed E-state index contributed by atoms with van der Waals surface area (Å²) in [5.74, 6) is 1.69. The minimum Gasteiger partial charge on any atom is -0.311 e. The van der Waals surface area contributed by atoms with Gasteiger partial charge in [0.1, 0.15) is 0 Å². The van der Waals surface area contributed by atoms with Gasteiger partial charge in [-0.05, 0) is 44.9 Å². The van der Waals surface area contributed by atoms with Crippen LogP contribution in [0.5, 0.6) is 0 Å². The normalized spacial score (nSPS) is 32.1. The number of hydrogen-bond acceptors (Lipinski definition) is 2. The third-order valence-corrected chi connectivity index (χ3v) is 5.04. The van der Waals surface area contributed by atoms with Gasteiger partial charge in [-0.3, -0.25) is 4.90 Å². The maximum absolute atomic E-state index is 3.74. The van der Waals surface area contributed by atoms with Crippen molar-refractivity contribution in [3.63, 3.8) is 0 Å². The van der Waals surface area contributed by atoms with Gasteiger partial charge in [0.2, 0.25) is 0 Å². The molecule has 2 rings (SSSR count). The standard InChI is InChI=1S/C15H30N2/c1-6-13-9-16-14(11(2)3)10-17(13)15(4,5)12-7-8-12/h11-14,16H,6-10H2,1-5H3. The molecule has 1 saturated carbocycles. The summed E-state index contributed by atoms with van der Waals surface area (Å²) < 4.78 is 0. The van der Waals surface area contributed by atoms with E-state index >= 15 is 0 Å². The Morgan fingerprint density at radius 3 is 2.41 bits per heavy atom. The van der Waals surface area contributed by atoms with Crippen molar-refractivity contribution in [1.82, 2.24) is 10.2 Å². The van der Waals surface area contributed by atoms with Crippen molar-refractivity contribution in [2.24, 2.45) is 11.8 Å². The number of nitrogens with zero attached hydrogens (tertiary/aromatic N) is 1.